The summed E-state index contributed by atoms with van der Waals surface area (Å²) < 4.78 is 35.1. The lowest BCUT2D eigenvalue weighted by molar-refractivity contribution is -0.140. The van der Waals surface area contributed by atoms with Gasteiger partial charge in [-0.2, -0.15) is 0 Å². The van der Waals surface area contributed by atoms with Crippen LogP contribution in [0.15, 0.2) is 77.7 Å². The Morgan fingerprint density at radius 2 is 1.45 bits per heavy atom. The van der Waals surface area contributed by atoms with Crippen LogP contribution in [0.3, 0.4) is 0 Å². The number of nitrogens with zero attached hydrogens (tertiary/aromatic N) is 2. The van der Waals surface area contributed by atoms with Gasteiger partial charge in [0.25, 0.3) is 10.0 Å². The minimum Gasteiger partial charge on any atom is -0.492 e. The Kier molecular flexibility index (Phi) is 11.6. The first-order chi connectivity index (χ1) is 20.0. The molecule has 0 spiro atoms. The van der Waals surface area contributed by atoms with Gasteiger partial charge in [-0.15, -0.1) is 0 Å². The first kappa shape index (κ1) is 32.7. The maximum absolute atomic E-state index is 14.3. The molecule has 0 radical (unpaired) electrons. The number of anilines is 1. The molecular weight excluding hydrogens is 550 g/mol. The van der Waals surface area contributed by atoms with Gasteiger partial charge in [0.15, 0.2) is 0 Å². The average Bonchev–Trinajstić information content (AvgIpc) is 2.97. The molecule has 2 unspecified atom stereocenters. The zero-order valence-corrected chi connectivity index (χ0v) is 26.3. The SMILES string of the molecule is CCOc1ccccc1N(CC(=O)N(Cc1ccc(C)cc1)C(CC)C(=O)NC(C)CC)S(=O)(=O)c1ccc(C)cc1. The summed E-state index contributed by atoms with van der Waals surface area (Å²) in [5.74, 6) is -0.422. The van der Waals surface area contributed by atoms with E-state index in [2.05, 4.69) is 5.32 Å². The number of hydrogen-bond acceptors (Lipinski definition) is 5. The number of carbonyl (C=O) groups excluding carboxylic acids is 2. The molecule has 2 amide bonds. The van der Waals surface area contributed by atoms with Gasteiger partial charge >= 0.3 is 0 Å². The number of ether oxygens (including phenoxy) is 1. The predicted molar refractivity (Wildman–Crippen MR) is 167 cm³/mol. The van der Waals surface area contributed by atoms with Crippen molar-refractivity contribution in [3.05, 3.63) is 89.5 Å². The predicted octanol–water partition coefficient (Wildman–Crippen LogP) is 5.62. The molecule has 0 saturated heterocycles. The fraction of sp³-hybridized carbons (Fsp3) is 0.394. The molecule has 42 heavy (non-hydrogen) atoms. The lowest BCUT2D eigenvalue weighted by Crippen LogP contribution is -2.53. The van der Waals surface area contributed by atoms with Gasteiger partial charge in [-0.05, 0) is 70.4 Å². The fourth-order valence-electron chi connectivity index (χ4n) is 4.54. The van der Waals surface area contributed by atoms with Crippen molar-refractivity contribution in [2.24, 2.45) is 0 Å². The highest BCUT2D eigenvalue weighted by Crippen LogP contribution is 2.33. The van der Waals surface area contributed by atoms with Crippen molar-refractivity contribution in [3.63, 3.8) is 0 Å². The first-order valence-corrected chi connectivity index (χ1v) is 15.9. The number of rotatable bonds is 14. The van der Waals surface area contributed by atoms with Crippen LogP contribution in [-0.4, -0.2) is 50.4 Å². The molecule has 8 nitrogen and oxygen atoms in total. The van der Waals surface area contributed by atoms with Gasteiger partial charge in [-0.3, -0.25) is 13.9 Å². The van der Waals surface area contributed by atoms with E-state index in [4.69, 9.17) is 4.74 Å². The highest BCUT2D eigenvalue weighted by Gasteiger charge is 2.35. The van der Waals surface area contributed by atoms with E-state index in [-0.39, 0.29) is 29.1 Å². The standard InChI is InChI=1S/C33H43N3O5S/c1-7-26(6)34-33(38)29(8-2)35(22-27-18-14-24(4)15-19-27)32(37)23-36(30-12-10-11-13-31(30)41-9-3)42(39,40)28-20-16-25(5)17-21-28/h10-21,26,29H,7-9,22-23H2,1-6H3,(H,34,38). The summed E-state index contributed by atoms with van der Waals surface area (Å²) in [7, 11) is -4.19. The Balaban J connectivity index is 2.10. The van der Waals surface area contributed by atoms with E-state index >= 15 is 0 Å². The van der Waals surface area contributed by atoms with Crippen molar-refractivity contribution < 1.29 is 22.7 Å². The highest BCUT2D eigenvalue weighted by atomic mass is 32.2. The van der Waals surface area contributed by atoms with Gasteiger partial charge in [0.2, 0.25) is 11.8 Å². The molecule has 0 aliphatic carbocycles. The molecule has 9 heteroatoms. The van der Waals surface area contributed by atoms with E-state index in [0.29, 0.717) is 18.8 Å². The summed E-state index contributed by atoms with van der Waals surface area (Å²) in [5.41, 5.74) is 3.07. The van der Waals surface area contributed by atoms with Crippen molar-refractivity contribution in [1.82, 2.24) is 10.2 Å². The molecule has 2 atom stereocenters. The highest BCUT2D eigenvalue weighted by molar-refractivity contribution is 7.92. The van der Waals surface area contributed by atoms with E-state index in [1.807, 2.05) is 65.8 Å². The van der Waals surface area contributed by atoms with E-state index in [1.165, 1.54) is 17.0 Å². The van der Waals surface area contributed by atoms with Gasteiger partial charge in [0.05, 0.1) is 17.2 Å². The molecule has 0 aliphatic rings. The van der Waals surface area contributed by atoms with Crippen LogP contribution in [-0.2, 0) is 26.2 Å². The summed E-state index contributed by atoms with van der Waals surface area (Å²) >= 11 is 0. The minimum atomic E-state index is -4.19. The number of aryl methyl sites for hydroxylation is 2. The van der Waals surface area contributed by atoms with Crippen LogP contribution in [0.5, 0.6) is 5.75 Å². The fourth-order valence-corrected chi connectivity index (χ4v) is 5.97. The molecular formula is C33H43N3O5S. The quantitative estimate of drug-likeness (QED) is 0.262. The maximum atomic E-state index is 14.3. The van der Waals surface area contributed by atoms with E-state index in [1.54, 1.807) is 36.4 Å². The van der Waals surface area contributed by atoms with E-state index in [9.17, 15) is 18.0 Å². The van der Waals surface area contributed by atoms with Crippen LogP contribution < -0.4 is 14.4 Å². The Bertz CT molecular complexity index is 1440. The average molecular weight is 594 g/mol. The summed E-state index contributed by atoms with van der Waals surface area (Å²) in [6, 6.07) is 20.1. The van der Waals surface area contributed by atoms with Crippen LogP contribution in [0, 0.1) is 13.8 Å². The van der Waals surface area contributed by atoms with Gasteiger partial charge in [-0.1, -0.05) is 73.5 Å². The largest absolute Gasteiger partial charge is 0.492 e. The maximum Gasteiger partial charge on any atom is 0.264 e. The summed E-state index contributed by atoms with van der Waals surface area (Å²) in [6.45, 7) is 11.4. The molecule has 0 fully saturated rings. The number of benzene rings is 3. The zero-order chi connectivity index (χ0) is 30.9. The van der Waals surface area contributed by atoms with Crippen molar-refractivity contribution in [3.8, 4) is 5.75 Å². The minimum absolute atomic E-state index is 0.0545. The number of nitrogens with one attached hydrogen (secondary N) is 1. The molecule has 3 rings (SSSR count). The smallest absolute Gasteiger partial charge is 0.264 e. The third-order valence-electron chi connectivity index (χ3n) is 7.18. The summed E-state index contributed by atoms with van der Waals surface area (Å²) in [5, 5.41) is 3.00. The molecule has 226 valence electrons. The van der Waals surface area contributed by atoms with Gasteiger partial charge in [0.1, 0.15) is 18.3 Å². The Morgan fingerprint density at radius 1 is 0.857 bits per heavy atom. The topological polar surface area (TPSA) is 96.0 Å². The monoisotopic (exact) mass is 593 g/mol. The summed E-state index contributed by atoms with van der Waals surface area (Å²) in [4.78, 5) is 29.2. The number of sulfonamides is 1. The third-order valence-corrected chi connectivity index (χ3v) is 8.96. The van der Waals surface area contributed by atoms with Gasteiger partial charge in [-0.25, -0.2) is 8.42 Å². The second-order valence-electron chi connectivity index (χ2n) is 10.5. The number of para-hydroxylation sites is 2. The molecule has 0 aromatic heterocycles. The Labute approximate surface area is 250 Å². The van der Waals surface area contributed by atoms with Crippen molar-refractivity contribution in [2.75, 3.05) is 17.5 Å². The number of hydrogen-bond donors (Lipinski definition) is 1. The lowest BCUT2D eigenvalue weighted by atomic mass is 10.1. The molecule has 0 aliphatic heterocycles. The molecule has 0 bridgehead atoms. The molecule has 0 saturated carbocycles. The van der Waals surface area contributed by atoms with Gasteiger partial charge in [0, 0.05) is 12.6 Å². The summed E-state index contributed by atoms with van der Waals surface area (Å²) in [6.07, 6.45) is 1.10. The molecule has 3 aromatic carbocycles. The number of amides is 2. The van der Waals surface area contributed by atoms with Crippen molar-refractivity contribution in [1.29, 1.82) is 0 Å². The van der Waals surface area contributed by atoms with E-state index in [0.717, 1.165) is 27.4 Å². The zero-order valence-electron chi connectivity index (χ0n) is 25.5. The number of carbonyl (C=O) groups is 2. The molecule has 0 heterocycles. The van der Waals surface area contributed by atoms with Crippen LogP contribution >= 0.6 is 0 Å². The van der Waals surface area contributed by atoms with Crippen LogP contribution in [0.25, 0.3) is 0 Å². The molecule has 3 aromatic rings. The Hall–Kier alpha value is -3.85. The second kappa shape index (κ2) is 14.9. The van der Waals surface area contributed by atoms with Crippen LogP contribution in [0.2, 0.25) is 0 Å². The van der Waals surface area contributed by atoms with E-state index < -0.39 is 28.5 Å². The third kappa shape index (κ3) is 8.12. The van der Waals surface area contributed by atoms with Crippen LogP contribution in [0.1, 0.15) is 57.2 Å². The van der Waals surface area contributed by atoms with Crippen molar-refractivity contribution >= 4 is 27.5 Å². The first-order valence-electron chi connectivity index (χ1n) is 14.5. The van der Waals surface area contributed by atoms with Crippen molar-refractivity contribution in [2.45, 2.75) is 77.9 Å². The normalized spacial score (nSPS) is 12.7. The lowest BCUT2D eigenvalue weighted by Gasteiger charge is -2.34. The molecule has 1 N–H and O–H groups in total. The Morgan fingerprint density at radius 3 is 2.02 bits per heavy atom. The van der Waals surface area contributed by atoms with Gasteiger partial charge < -0.3 is 15.0 Å². The van der Waals surface area contributed by atoms with Crippen LogP contribution in [0.4, 0.5) is 5.69 Å². The second-order valence-corrected chi connectivity index (χ2v) is 12.3.